The minimum atomic E-state index is 0.0525. The molecular formula is C18H26N2O. The van der Waals surface area contributed by atoms with Crippen LogP contribution in [0.2, 0.25) is 0 Å². The number of amides is 1. The second-order valence-electron chi connectivity index (χ2n) is 6.67. The predicted octanol–water partition coefficient (Wildman–Crippen LogP) is 2.51. The molecule has 0 spiro atoms. The van der Waals surface area contributed by atoms with Crippen LogP contribution in [-0.2, 0) is 11.2 Å². The average Bonchev–Trinajstić information content (AvgIpc) is 3.09. The Kier molecular flexibility index (Phi) is 4.59. The lowest BCUT2D eigenvalue weighted by molar-refractivity contribution is -0.124. The van der Waals surface area contributed by atoms with Gasteiger partial charge in [0, 0.05) is 6.04 Å². The van der Waals surface area contributed by atoms with Crippen molar-refractivity contribution >= 4 is 5.91 Å². The number of hydrogen-bond acceptors (Lipinski definition) is 2. The molecule has 1 aliphatic heterocycles. The standard InChI is InChI=1S/C18H26N2O/c1-13(10-11-14-6-3-2-4-7-14)20-18(21)17-16-9-5-8-15(16)12-19-17/h2-4,6-7,13,15-17,19H,5,8-12H2,1H3,(H,20,21). The maximum absolute atomic E-state index is 12.4. The normalized spacial score (nSPS) is 29.1. The maximum Gasteiger partial charge on any atom is 0.237 e. The van der Waals surface area contributed by atoms with Crippen molar-refractivity contribution in [2.75, 3.05) is 6.54 Å². The fourth-order valence-electron chi connectivity index (χ4n) is 3.91. The van der Waals surface area contributed by atoms with Crippen molar-refractivity contribution < 1.29 is 4.79 Å². The van der Waals surface area contributed by atoms with E-state index in [1.54, 1.807) is 0 Å². The van der Waals surface area contributed by atoms with Crippen LogP contribution in [-0.4, -0.2) is 24.5 Å². The molecule has 2 N–H and O–H groups in total. The Morgan fingerprint density at radius 2 is 2.14 bits per heavy atom. The Morgan fingerprint density at radius 1 is 1.33 bits per heavy atom. The summed E-state index contributed by atoms with van der Waals surface area (Å²) in [6, 6.07) is 10.8. The van der Waals surface area contributed by atoms with E-state index in [9.17, 15) is 4.79 Å². The van der Waals surface area contributed by atoms with Gasteiger partial charge in [-0.25, -0.2) is 0 Å². The Balaban J connectivity index is 1.46. The molecule has 0 radical (unpaired) electrons. The molecule has 114 valence electrons. The summed E-state index contributed by atoms with van der Waals surface area (Å²) in [6.07, 6.45) is 5.83. The van der Waals surface area contributed by atoms with Crippen LogP contribution in [0.5, 0.6) is 0 Å². The van der Waals surface area contributed by atoms with Crippen molar-refractivity contribution in [3.05, 3.63) is 35.9 Å². The van der Waals surface area contributed by atoms with Crippen LogP contribution in [0.25, 0.3) is 0 Å². The summed E-state index contributed by atoms with van der Waals surface area (Å²) in [7, 11) is 0. The molecule has 3 heteroatoms. The Morgan fingerprint density at radius 3 is 2.95 bits per heavy atom. The second-order valence-corrected chi connectivity index (χ2v) is 6.67. The third-order valence-corrected chi connectivity index (χ3v) is 5.13. The SMILES string of the molecule is CC(CCc1ccccc1)NC(=O)C1NCC2CCCC21. The van der Waals surface area contributed by atoms with Gasteiger partial charge >= 0.3 is 0 Å². The summed E-state index contributed by atoms with van der Waals surface area (Å²) in [6.45, 7) is 3.14. The van der Waals surface area contributed by atoms with Gasteiger partial charge in [-0.3, -0.25) is 4.79 Å². The van der Waals surface area contributed by atoms with Crippen molar-refractivity contribution in [2.45, 2.75) is 51.1 Å². The summed E-state index contributed by atoms with van der Waals surface area (Å²) in [4.78, 5) is 12.4. The van der Waals surface area contributed by atoms with Crippen molar-refractivity contribution in [1.29, 1.82) is 0 Å². The van der Waals surface area contributed by atoms with Gasteiger partial charge in [-0.2, -0.15) is 0 Å². The molecule has 0 aromatic heterocycles. The summed E-state index contributed by atoms with van der Waals surface area (Å²) in [5.74, 6) is 1.52. The van der Waals surface area contributed by atoms with E-state index >= 15 is 0 Å². The molecule has 1 aromatic rings. The average molecular weight is 286 g/mol. The molecule has 21 heavy (non-hydrogen) atoms. The first-order valence-corrected chi connectivity index (χ1v) is 8.31. The minimum Gasteiger partial charge on any atom is -0.352 e. The summed E-state index contributed by atoms with van der Waals surface area (Å²) < 4.78 is 0. The van der Waals surface area contributed by atoms with Crippen LogP contribution >= 0.6 is 0 Å². The monoisotopic (exact) mass is 286 g/mol. The zero-order valence-electron chi connectivity index (χ0n) is 12.8. The Labute approximate surface area is 127 Å². The van der Waals surface area contributed by atoms with Crippen LogP contribution in [0.1, 0.15) is 38.2 Å². The van der Waals surface area contributed by atoms with E-state index in [4.69, 9.17) is 0 Å². The number of aryl methyl sites for hydroxylation is 1. The fourth-order valence-corrected chi connectivity index (χ4v) is 3.91. The molecule has 4 unspecified atom stereocenters. The van der Waals surface area contributed by atoms with E-state index in [1.807, 2.05) is 6.07 Å². The number of fused-ring (bicyclic) bond motifs is 1. The highest BCUT2D eigenvalue weighted by Crippen LogP contribution is 2.37. The molecule has 1 saturated heterocycles. The van der Waals surface area contributed by atoms with E-state index in [0.29, 0.717) is 5.92 Å². The minimum absolute atomic E-state index is 0.0525. The maximum atomic E-state index is 12.4. The molecule has 1 amide bonds. The molecule has 1 aromatic carbocycles. The largest absolute Gasteiger partial charge is 0.352 e. The van der Waals surface area contributed by atoms with E-state index in [-0.39, 0.29) is 18.0 Å². The molecule has 0 bridgehead atoms. The van der Waals surface area contributed by atoms with Crippen LogP contribution < -0.4 is 10.6 Å². The van der Waals surface area contributed by atoms with Gasteiger partial charge in [0.1, 0.15) is 0 Å². The van der Waals surface area contributed by atoms with Gasteiger partial charge in [-0.1, -0.05) is 36.8 Å². The Hall–Kier alpha value is -1.35. The molecule has 4 atom stereocenters. The zero-order chi connectivity index (χ0) is 14.7. The van der Waals surface area contributed by atoms with Gasteiger partial charge in [0.15, 0.2) is 0 Å². The van der Waals surface area contributed by atoms with Gasteiger partial charge in [0.25, 0.3) is 0 Å². The van der Waals surface area contributed by atoms with Crippen LogP contribution in [0, 0.1) is 11.8 Å². The van der Waals surface area contributed by atoms with Crippen LogP contribution in [0.15, 0.2) is 30.3 Å². The molecule has 2 fully saturated rings. The van der Waals surface area contributed by atoms with Gasteiger partial charge in [0.05, 0.1) is 6.04 Å². The fraction of sp³-hybridized carbons (Fsp3) is 0.611. The topological polar surface area (TPSA) is 41.1 Å². The zero-order valence-corrected chi connectivity index (χ0v) is 12.8. The third kappa shape index (κ3) is 3.46. The highest BCUT2D eigenvalue weighted by molar-refractivity contribution is 5.82. The lowest BCUT2D eigenvalue weighted by Crippen LogP contribution is -2.47. The third-order valence-electron chi connectivity index (χ3n) is 5.13. The molecule has 1 heterocycles. The number of benzene rings is 1. The van der Waals surface area contributed by atoms with Crippen molar-refractivity contribution in [3.63, 3.8) is 0 Å². The number of rotatable bonds is 5. The molecule has 1 saturated carbocycles. The van der Waals surface area contributed by atoms with Gasteiger partial charge in [0.2, 0.25) is 5.91 Å². The Bertz CT molecular complexity index is 473. The molecule has 1 aliphatic carbocycles. The quantitative estimate of drug-likeness (QED) is 0.873. The van der Waals surface area contributed by atoms with E-state index in [0.717, 1.165) is 25.3 Å². The van der Waals surface area contributed by atoms with Crippen LogP contribution in [0.4, 0.5) is 0 Å². The van der Waals surface area contributed by atoms with E-state index in [1.165, 1.54) is 24.8 Å². The second kappa shape index (κ2) is 6.61. The molecular weight excluding hydrogens is 260 g/mol. The highest BCUT2D eigenvalue weighted by Gasteiger charge is 2.42. The number of nitrogens with one attached hydrogen (secondary N) is 2. The molecule has 3 nitrogen and oxygen atoms in total. The first-order chi connectivity index (χ1) is 10.2. The van der Waals surface area contributed by atoms with Crippen LogP contribution in [0.3, 0.4) is 0 Å². The summed E-state index contributed by atoms with van der Waals surface area (Å²) in [5, 5.41) is 6.63. The van der Waals surface area contributed by atoms with Gasteiger partial charge < -0.3 is 10.6 Å². The summed E-state index contributed by atoms with van der Waals surface area (Å²) in [5.41, 5.74) is 1.34. The lowest BCUT2D eigenvalue weighted by atomic mass is 9.93. The van der Waals surface area contributed by atoms with E-state index < -0.39 is 0 Å². The molecule has 3 rings (SSSR count). The van der Waals surface area contributed by atoms with Gasteiger partial charge in [-0.15, -0.1) is 0 Å². The van der Waals surface area contributed by atoms with Crippen molar-refractivity contribution in [3.8, 4) is 0 Å². The van der Waals surface area contributed by atoms with Crippen molar-refractivity contribution in [2.24, 2.45) is 11.8 Å². The first kappa shape index (κ1) is 14.6. The number of carbonyl (C=O) groups excluding carboxylic acids is 1. The van der Waals surface area contributed by atoms with Gasteiger partial charge in [-0.05, 0) is 56.6 Å². The smallest absolute Gasteiger partial charge is 0.237 e. The predicted molar refractivity (Wildman–Crippen MR) is 85.0 cm³/mol. The summed E-state index contributed by atoms with van der Waals surface area (Å²) >= 11 is 0. The first-order valence-electron chi connectivity index (χ1n) is 8.31. The number of carbonyl (C=O) groups is 1. The van der Waals surface area contributed by atoms with Crippen molar-refractivity contribution in [1.82, 2.24) is 10.6 Å². The lowest BCUT2D eigenvalue weighted by Gasteiger charge is -2.21. The highest BCUT2D eigenvalue weighted by atomic mass is 16.2. The van der Waals surface area contributed by atoms with E-state index in [2.05, 4.69) is 41.8 Å². The molecule has 2 aliphatic rings. The number of hydrogen-bond donors (Lipinski definition) is 2.